The number of anilines is 1. The van der Waals surface area contributed by atoms with E-state index in [1.54, 1.807) is 6.20 Å². The Morgan fingerprint density at radius 1 is 1.37 bits per heavy atom. The molecule has 0 aromatic carbocycles. The molecule has 2 rings (SSSR count). The second-order valence-electron chi connectivity index (χ2n) is 4.28. The monoisotopic (exact) mass is 261 g/mol. The van der Waals surface area contributed by atoms with Gasteiger partial charge in [0.2, 0.25) is 0 Å². The fourth-order valence-corrected chi connectivity index (χ4v) is 1.40. The molecule has 1 amide bonds. The number of rotatable bonds is 4. The van der Waals surface area contributed by atoms with Crippen LogP contribution < -0.4 is 10.2 Å². The minimum absolute atomic E-state index is 0.270. The Labute approximate surface area is 110 Å². The van der Waals surface area contributed by atoms with Crippen molar-refractivity contribution in [2.45, 2.75) is 13.5 Å². The van der Waals surface area contributed by atoms with Gasteiger partial charge in [-0.05, 0) is 6.92 Å². The quantitative estimate of drug-likeness (QED) is 0.875. The predicted octanol–water partition coefficient (Wildman–Crippen LogP) is 0.769. The maximum Gasteiger partial charge on any atom is 0.271 e. The van der Waals surface area contributed by atoms with E-state index in [1.807, 2.05) is 25.9 Å². The van der Waals surface area contributed by atoms with E-state index in [4.69, 9.17) is 4.52 Å². The second kappa shape index (κ2) is 5.47. The predicted molar refractivity (Wildman–Crippen MR) is 68.8 cm³/mol. The molecule has 0 aliphatic heterocycles. The van der Waals surface area contributed by atoms with Crippen molar-refractivity contribution in [1.82, 2.24) is 20.4 Å². The van der Waals surface area contributed by atoms with Crippen LogP contribution in [0.3, 0.4) is 0 Å². The van der Waals surface area contributed by atoms with Gasteiger partial charge in [0.05, 0.1) is 18.9 Å². The van der Waals surface area contributed by atoms with Crippen LogP contribution in [-0.2, 0) is 6.54 Å². The molecular formula is C12H15N5O2. The molecular weight excluding hydrogens is 246 g/mol. The van der Waals surface area contributed by atoms with Crippen molar-refractivity contribution < 1.29 is 9.32 Å². The minimum atomic E-state index is -0.291. The lowest BCUT2D eigenvalue weighted by molar-refractivity contribution is 0.0944. The van der Waals surface area contributed by atoms with Gasteiger partial charge in [0.25, 0.3) is 5.91 Å². The molecule has 100 valence electrons. The Morgan fingerprint density at radius 3 is 2.68 bits per heavy atom. The van der Waals surface area contributed by atoms with Crippen molar-refractivity contribution in [2.24, 2.45) is 0 Å². The summed E-state index contributed by atoms with van der Waals surface area (Å²) in [5, 5.41) is 6.50. The smallest absolute Gasteiger partial charge is 0.271 e. The van der Waals surface area contributed by atoms with E-state index < -0.39 is 0 Å². The Kier molecular flexibility index (Phi) is 3.74. The summed E-state index contributed by atoms with van der Waals surface area (Å²) in [5.41, 5.74) is 1.87. The van der Waals surface area contributed by atoms with Crippen LogP contribution in [0.15, 0.2) is 23.2 Å². The van der Waals surface area contributed by atoms with Crippen LogP contribution in [0.4, 0.5) is 5.82 Å². The fraction of sp³-hybridized carbons (Fsp3) is 0.333. The normalized spacial score (nSPS) is 10.3. The first-order valence-electron chi connectivity index (χ1n) is 5.75. The number of amides is 1. The highest BCUT2D eigenvalue weighted by Crippen LogP contribution is 2.06. The van der Waals surface area contributed by atoms with Gasteiger partial charge >= 0.3 is 0 Å². The zero-order valence-electron chi connectivity index (χ0n) is 11.0. The Hall–Kier alpha value is -2.44. The SMILES string of the molecule is Cc1conc1CNC(=O)c1cnc(N(C)C)cn1. The number of carbonyl (C=O) groups is 1. The summed E-state index contributed by atoms with van der Waals surface area (Å²) in [5.74, 6) is 0.407. The number of hydrogen-bond donors (Lipinski definition) is 1. The summed E-state index contributed by atoms with van der Waals surface area (Å²) < 4.78 is 4.79. The molecule has 0 saturated carbocycles. The second-order valence-corrected chi connectivity index (χ2v) is 4.28. The third kappa shape index (κ3) is 3.06. The van der Waals surface area contributed by atoms with Crippen LogP contribution in [0.1, 0.15) is 21.7 Å². The molecule has 0 radical (unpaired) electrons. The van der Waals surface area contributed by atoms with Crippen molar-refractivity contribution >= 4 is 11.7 Å². The molecule has 2 aromatic rings. The van der Waals surface area contributed by atoms with Gasteiger partial charge in [-0.2, -0.15) is 0 Å². The molecule has 7 nitrogen and oxygen atoms in total. The van der Waals surface area contributed by atoms with E-state index in [2.05, 4.69) is 20.4 Å². The summed E-state index contributed by atoms with van der Waals surface area (Å²) in [4.78, 5) is 21.9. The number of aryl methyl sites for hydroxylation is 1. The van der Waals surface area contributed by atoms with Gasteiger partial charge in [-0.3, -0.25) is 4.79 Å². The highest BCUT2D eigenvalue weighted by Gasteiger charge is 2.10. The van der Waals surface area contributed by atoms with Crippen LogP contribution in [0.25, 0.3) is 0 Å². The largest absolute Gasteiger partial charge is 0.364 e. The van der Waals surface area contributed by atoms with Gasteiger partial charge in [0.15, 0.2) is 0 Å². The number of nitrogens with one attached hydrogen (secondary N) is 1. The van der Waals surface area contributed by atoms with E-state index in [-0.39, 0.29) is 11.6 Å². The van der Waals surface area contributed by atoms with Crippen molar-refractivity contribution in [3.05, 3.63) is 35.6 Å². The highest BCUT2D eigenvalue weighted by molar-refractivity contribution is 5.91. The molecule has 0 atom stereocenters. The van der Waals surface area contributed by atoms with Gasteiger partial charge in [-0.1, -0.05) is 5.16 Å². The molecule has 7 heteroatoms. The standard InChI is InChI=1S/C12H15N5O2/c1-8-7-19-16-9(8)4-15-12(18)10-5-14-11(6-13-10)17(2)3/h5-7H,4H2,1-3H3,(H,15,18). The lowest BCUT2D eigenvalue weighted by Crippen LogP contribution is -2.24. The summed E-state index contributed by atoms with van der Waals surface area (Å²) in [7, 11) is 3.72. The first-order chi connectivity index (χ1) is 9.08. The van der Waals surface area contributed by atoms with Crippen LogP contribution >= 0.6 is 0 Å². The molecule has 1 N–H and O–H groups in total. The number of nitrogens with zero attached hydrogens (tertiary/aromatic N) is 4. The van der Waals surface area contributed by atoms with Crippen LogP contribution in [0, 0.1) is 6.92 Å². The van der Waals surface area contributed by atoms with Crippen LogP contribution in [-0.4, -0.2) is 35.1 Å². The minimum Gasteiger partial charge on any atom is -0.364 e. The van der Waals surface area contributed by atoms with E-state index in [1.165, 1.54) is 12.5 Å². The first-order valence-corrected chi connectivity index (χ1v) is 5.75. The molecule has 2 aromatic heterocycles. The average Bonchev–Trinajstić information content (AvgIpc) is 2.81. The molecule has 19 heavy (non-hydrogen) atoms. The first kappa shape index (κ1) is 13.0. The third-order valence-corrected chi connectivity index (χ3v) is 2.59. The van der Waals surface area contributed by atoms with Crippen molar-refractivity contribution in [3.63, 3.8) is 0 Å². The van der Waals surface area contributed by atoms with Crippen molar-refractivity contribution in [3.8, 4) is 0 Å². The zero-order valence-corrected chi connectivity index (χ0v) is 11.0. The molecule has 0 spiro atoms. The molecule has 2 heterocycles. The van der Waals surface area contributed by atoms with E-state index in [9.17, 15) is 4.79 Å². The molecule has 0 fully saturated rings. The number of hydrogen-bond acceptors (Lipinski definition) is 6. The number of aromatic nitrogens is 3. The van der Waals surface area contributed by atoms with Crippen molar-refractivity contribution in [2.75, 3.05) is 19.0 Å². The topological polar surface area (TPSA) is 84.2 Å². The Bertz CT molecular complexity index is 562. The Morgan fingerprint density at radius 2 is 2.16 bits per heavy atom. The molecule has 0 aliphatic rings. The fourth-order valence-electron chi connectivity index (χ4n) is 1.40. The van der Waals surface area contributed by atoms with E-state index in [0.717, 1.165) is 5.56 Å². The lowest BCUT2D eigenvalue weighted by atomic mass is 10.3. The van der Waals surface area contributed by atoms with Gasteiger partial charge in [-0.15, -0.1) is 0 Å². The number of carbonyl (C=O) groups excluding carboxylic acids is 1. The average molecular weight is 261 g/mol. The summed E-state index contributed by atoms with van der Waals surface area (Å²) in [6, 6.07) is 0. The highest BCUT2D eigenvalue weighted by atomic mass is 16.5. The maximum atomic E-state index is 11.8. The van der Waals surface area contributed by atoms with Crippen LogP contribution in [0.5, 0.6) is 0 Å². The molecule has 0 bridgehead atoms. The van der Waals surface area contributed by atoms with Gasteiger partial charge in [0.1, 0.15) is 23.5 Å². The molecule has 0 unspecified atom stereocenters. The summed E-state index contributed by atoms with van der Waals surface area (Å²) in [6.45, 7) is 2.17. The van der Waals surface area contributed by atoms with Crippen molar-refractivity contribution in [1.29, 1.82) is 0 Å². The Balaban J connectivity index is 1.98. The third-order valence-electron chi connectivity index (χ3n) is 2.59. The lowest BCUT2D eigenvalue weighted by Gasteiger charge is -2.10. The van der Waals surface area contributed by atoms with Gasteiger partial charge in [0, 0.05) is 19.7 Å². The molecule has 0 saturated heterocycles. The zero-order chi connectivity index (χ0) is 13.8. The van der Waals surface area contributed by atoms with Gasteiger partial charge in [-0.25, -0.2) is 9.97 Å². The van der Waals surface area contributed by atoms with E-state index >= 15 is 0 Å². The maximum absolute atomic E-state index is 11.8. The summed E-state index contributed by atoms with van der Waals surface area (Å²) >= 11 is 0. The molecule has 0 aliphatic carbocycles. The summed E-state index contributed by atoms with van der Waals surface area (Å²) in [6.07, 6.45) is 4.53. The van der Waals surface area contributed by atoms with Gasteiger partial charge < -0.3 is 14.7 Å². The van der Waals surface area contributed by atoms with Crippen LogP contribution in [0.2, 0.25) is 0 Å². The van der Waals surface area contributed by atoms with E-state index in [0.29, 0.717) is 18.1 Å².